The summed E-state index contributed by atoms with van der Waals surface area (Å²) in [7, 11) is 0. The van der Waals surface area contributed by atoms with Crippen molar-refractivity contribution in [3.8, 4) is 0 Å². The fraction of sp³-hybridized carbons (Fsp3) is 0.357. The van der Waals surface area contributed by atoms with E-state index in [1.807, 2.05) is 12.3 Å². The fourth-order valence-corrected chi connectivity index (χ4v) is 3.58. The number of nitrogens with zero attached hydrogens (tertiary/aromatic N) is 1. The molecule has 0 aliphatic rings. The number of nitrogens with one attached hydrogen (secondary N) is 1. The van der Waals surface area contributed by atoms with E-state index in [4.69, 9.17) is 0 Å². The van der Waals surface area contributed by atoms with E-state index < -0.39 is 0 Å². The molecule has 0 radical (unpaired) electrons. The molecule has 0 saturated carbocycles. The van der Waals surface area contributed by atoms with Crippen molar-refractivity contribution in [1.82, 2.24) is 10.3 Å². The Labute approximate surface area is 134 Å². The van der Waals surface area contributed by atoms with Crippen molar-refractivity contribution in [2.24, 2.45) is 0 Å². The quantitative estimate of drug-likeness (QED) is 0.737. The number of thiophene rings is 1. The molecule has 2 aromatic rings. The lowest BCUT2D eigenvalue weighted by molar-refractivity contribution is 0.531. The Morgan fingerprint density at radius 1 is 1.26 bits per heavy atom. The number of hydrogen-bond donors (Lipinski definition) is 1. The molecular weight excluding hydrogens is 388 g/mol. The molecule has 1 N–H and O–H groups in total. The highest BCUT2D eigenvalue weighted by molar-refractivity contribution is 9.11. The normalized spacial score (nSPS) is 12.6. The molecular formula is C14H16Br2N2S. The first kappa shape index (κ1) is 15.2. The molecule has 0 saturated heterocycles. The predicted molar refractivity (Wildman–Crippen MR) is 88.7 cm³/mol. The average Bonchev–Trinajstić information content (AvgIpc) is 2.83. The second-order valence-electron chi connectivity index (χ2n) is 4.32. The second kappa shape index (κ2) is 7.53. The van der Waals surface area contributed by atoms with Gasteiger partial charge in [0.1, 0.15) is 0 Å². The van der Waals surface area contributed by atoms with Gasteiger partial charge in [0.05, 0.1) is 3.79 Å². The van der Waals surface area contributed by atoms with Gasteiger partial charge in [0.2, 0.25) is 0 Å². The van der Waals surface area contributed by atoms with Gasteiger partial charge in [-0.05, 0) is 69.1 Å². The zero-order valence-electron chi connectivity index (χ0n) is 10.7. The van der Waals surface area contributed by atoms with Crippen LogP contribution in [0.5, 0.6) is 0 Å². The lowest BCUT2D eigenvalue weighted by Gasteiger charge is -2.16. The average molecular weight is 404 g/mol. The van der Waals surface area contributed by atoms with Crippen molar-refractivity contribution >= 4 is 43.2 Å². The SMILES string of the molecule is CCCNC(Cc1ccc(Br)cn1)c1ccc(Br)s1. The highest BCUT2D eigenvalue weighted by Gasteiger charge is 2.14. The minimum Gasteiger partial charge on any atom is -0.309 e. The molecule has 0 spiro atoms. The van der Waals surface area contributed by atoms with Gasteiger partial charge in [-0.15, -0.1) is 11.3 Å². The highest BCUT2D eigenvalue weighted by atomic mass is 79.9. The molecule has 2 nitrogen and oxygen atoms in total. The molecule has 102 valence electrons. The Bertz CT molecular complexity index is 510. The summed E-state index contributed by atoms with van der Waals surface area (Å²) < 4.78 is 2.20. The van der Waals surface area contributed by atoms with Gasteiger partial charge in [-0.1, -0.05) is 6.92 Å². The Morgan fingerprint density at radius 2 is 2.11 bits per heavy atom. The highest BCUT2D eigenvalue weighted by Crippen LogP contribution is 2.29. The van der Waals surface area contributed by atoms with Crippen LogP contribution in [-0.4, -0.2) is 11.5 Å². The van der Waals surface area contributed by atoms with Crippen LogP contribution < -0.4 is 5.32 Å². The number of aromatic nitrogens is 1. The van der Waals surface area contributed by atoms with Crippen LogP contribution in [0.1, 0.15) is 30.0 Å². The van der Waals surface area contributed by atoms with Crippen LogP contribution in [-0.2, 0) is 6.42 Å². The lowest BCUT2D eigenvalue weighted by Crippen LogP contribution is -2.23. The Kier molecular flexibility index (Phi) is 6.01. The van der Waals surface area contributed by atoms with E-state index in [1.165, 1.54) is 8.66 Å². The standard InChI is InChI=1S/C14H16Br2N2S/c1-2-7-17-12(13-5-6-14(16)19-13)8-11-4-3-10(15)9-18-11/h3-6,9,12,17H,2,7-8H2,1H3. The first-order chi connectivity index (χ1) is 9.19. The van der Waals surface area contributed by atoms with E-state index in [-0.39, 0.29) is 0 Å². The van der Waals surface area contributed by atoms with Gasteiger partial charge < -0.3 is 5.32 Å². The molecule has 5 heteroatoms. The summed E-state index contributed by atoms with van der Waals surface area (Å²) in [4.78, 5) is 5.82. The maximum Gasteiger partial charge on any atom is 0.0701 e. The van der Waals surface area contributed by atoms with Crippen molar-refractivity contribution in [1.29, 1.82) is 0 Å². The van der Waals surface area contributed by atoms with Gasteiger partial charge >= 0.3 is 0 Å². The zero-order valence-corrected chi connectivity index (χ0v) is 14.7. The summed E-state index contributed by atoms with van der Waals surface area (Å²) in [5.41, 5.74) is 1.11. The van der Waals surface area contributed by atoms with Gasteiger partial charge in [0.15, 0.2) is 0 Å². The molecule has 19 heavy (non-hydrogen) atoms. The monoisotopic (exact) mass is 402 g/mol. The Hall–Kier alpha value is -0.230. The molecule has 0 aliphatic carbocycles. The largest absolute Gasteiger partial charge is 0.309 e. The number of pyridine rings is 1. The van der Waals surface area contributed by atoms with Gasteiger partial charge in [-0.25, -0.2) is 0 Å². The zero-order chi connectivity index (χ0) is 13.7. The summed E-state index contributed by atoms with van der Waals surface area (Å²) >= 11 is 8.74. The molecule has 2 aromatic heterocycles. The topological polar surface area (TPSA) is 24.9 Å². The van der Waals surface area contributed by atoms with E-state index in [0.29, 0.717) is 6.04 Å². The van der Waals surface area contributed by atoms with Crippen LogP contribution in [0.25, 0.3) is 0 Å². The minimum absolute atomic E-state index is 0.338. The smallest absolute Gasteiger partial charge is 0.0701 e. The Balaban J connectivity index is 2.11. The molecule has 0 amide bonds. The molecule has 0 fully saturated rings. The van der Waals surface area contributed by atoms with Gasteiger partial charge in [-0.3, -0.25) is 4.98 Å². The first-order valence-electron chi connectivity index (χ1n) is 6.28. The summed E-state index contributed by atoms with van der Waals surface area (Å²) in [6, 6.07) is 8.75. The molecule has 0 aromatic carbocycles. The van der Waals surface area contributed by atoms with Crippen molar-refractivity contribution in [2.75, 3.05) is 6.54 Å². The van der Waals surface area contributed by atoms with Crippen LogP contribution in [0.15, 0.2) is 38.7 Å². The molecule has 0 bridgehead atoms. The second-order valence-corrected chi connectivity index (χ2v) is 7.73. The van der Waals surface area contributed by atoms with Crippen molar-refractivity contribution in [3.05, 3.63) is 49.3 Å². The maximum atomic E-state index is 4.46. The lowest BCUT2D eigenvalue weighted by atomic mass is 10.1. The predicted octanol–water partition coefficient (Wildman–Crippen LogP) is 4.95. The number of halogens is 2. The van der Waals surface area contributed by atoms with E-state index in [0.717, 1.165) is 29.6 Å². The Morgan fingerprint density at radius 3 is 2.68 bits per heavy atom. The summed E-state index contributed by atoms with van der Waals surface area (Å²) in [6.07, 6.45) is 3.91. The summed E-state index contributed by atoms with van der Waals surface area (Å²) in [6.45, 7) is 3.21. The van der Waals surface area contributed by atoms with E-state index in [2.05, 4.69) is 67.3 Å². The van der Waals surface area contributed by atoms with Gasteiger partial charge in [-0.2, -0.15) is 0 Å². The minimum atomic E-state index is 0.338. The van der Waals surface area contributed by atoms with E-state index in [1.54, 1.807) is 11.3 Å². The molecule has 0 aliphatic heterocycles. The molecule has 1 atom stereocenters. The number of hydrogen-bond acceptors (Lipinski definition) is 3. The van der Waals surface area contributed by atoms with Crippen LogP contribution >= 0.6 is 43.2 Å². The van der Waals surface area contributed by atoms with Crippen LogP contribution in [0.2, 0.25) is 0 Å². The third kappa shape index (κ3) is 4.67. The van der Waals surface area contributed by atoms with Crippen molar-refractivity contribution < 1.29 is 0 Å². The van der Waals surface area contributed by atoms with Crippen LogP contribution in [0, 0.1) is 0 Å². The van der Waals surface area contributed by atoms with E-state index >= 15 is 0 Å². The third-order valence-corrected chi connectivity index (χ3v) is 4.99. The van der Waals surface area contributed by atoms with Gasteiger partial charge in [0, 0.05) is 33.7 Å². The summed E-state index contributed by atoms with van der Waals surface area (Å²) in [5.74, 6) is 0. The van der Waals surface area contributed by atoms with Crippen molar-refractivity contribution in [2.45, 2.75) is 25.8 Å². The number of rotatable bonds is 6. The molecule has 1 unspecified atom stereocenters. The van der Waals surface area contributed by atoms with Crippen LogP contribution in [0.4, 0.5) is 0 Å². The fourth-order valence-electron chi connectivity index (χ4n) is 1.84. The van der Waals surface area contributed by atoms with Crippen molar-refractivity contribution in [3.63, 3.8) is 0 Å². The molecule has 2 heterocycles. The molecule has 2 rings (SSSR count). The first-order valence-corrected chi connectivity index (χ1v) is 8.68. The summed E-state index contributed by atoms with van der Waals surface area (Å²) in [5, 5.41) is 3.60. The maximum absolute atomic E-state index is 4.46. The third-order valence-electron chi connectivity index (χ3n) is 2.78. The van der Waals surface area contributed by atoms with E-state index in [9.17, 15) is 0 Å². The van der Waals surface area contributed by atoms with Gasteiger partial charge in [0.25, 0.3) is 0 Å². The van der Waals surface area contributed by atoms with Crippen LogP contribution in [0.3, 0.4) is 0 Å².